The average Bonchev–Trinajstić information content (AvgIpc) is 3.27. The van der Waals surface area contributed by atoms with Crippen LogP contribution in [0.15, 0.2) is 95.9 Å². The van der Waals surface area contributed by atoms with Gasteiger partial charge in [0.25, 0.3) is 10.0 Å². The fourth-order valence-corrected chi connectivity index (χ4v) is 8.53. The van der Waals surface area contributed by atoms with Crippen LogP contribution in [0.25, 0.3) is 10.8 Å². The first-order chi connectivity index (χ1) is 21.8. The molecule has 234 valence electrons. The topological polar surface area (TPSA) is 86.8 Å². The van der Waals surface area contributed by atoms with E-state index in [1.165, 1.54) is 10.7 Å². The van der Waals surface area contributed by atoms with E-state index in [2.05, 4.69) is 5.32 Å². The number of sulfonamides is 1. The Hall–Kier alpha value is -4.17. The van der Waals surface area contributed by atoms with Crippen molar-refractivity contribution < 1.29 is 18.0 Å². The quantitative estimate of drug-likeness (QED) is 0.206. The summed E-state index contributed by atoms with van der Waals surface area (Å²) < 4.78 is 28.5. The van der Waals surface area contributed by atoms with E-state index in [0.29, 0.717) is 30.0 Å². The van der Waals surface area contributed by atoms with Crippen molar-refractivity contribution >= 4 is 38.3 Å². The lowest BCUT2D eigenvalue weighted by Gasteiger charge is -2.34. The van der Waals surface area contributed by atoms with E-state index in [4.69, 9.17) is 0 Å². The molecule has 1 aliphatic heterocycles. The average molecular weight is 624 g/mol. The van der Waals surface area contributed by atoms with E-state index in [-0.39, 0.29) is 30.8 Å². The van der Waals surface area contributed by atoms with Crippen LogP contribution in [0.4, 0.5) is 5.69 Å². The molecule has 0 aromatic heterocycles. The standard InChI is InChI=1S/C37H41N3O4S/c1-27-13-8-9-16-30(27)26-39(33(25-28-14-4-2-5-15-28)37(42)38-31-19-6-3-7-20-31)35(41)23-12-24-40-32-21-10-17-29-18-11-22-34(36(29)32)45(40,43)44/h2,4-5,8-11,13-18,21-22,31,33H,3,6-7,12,19-20,23-26H2,1H3,(H,38,42)/t33-/m1/s1. The van der Waals surface area contributed by atoms with Crippen molar-refractivity contribution in [2.24, 2.45) is 0 Å². The molecule has 4 aromatic carbocycles. The first kappa shape index (κ1) is 30.8. The molecule has 0 unspecified atom stereocenters. The Kier molecular flexibility index (Phi) is 9.21. The van der Waals surface area contributed by atoms with Gasteiger partial charge in [-0.05, 0) is 60.4 Å². The molecule has 2 aliphatic rings. The highest BCUT2D eigenvalue weighted by Gasteiger charge is 2.36. The Morgan fingerprint density at radius 3 is 2.36 bits per heavy atom. The summed E-state index contributed by atoms with van der Waals surface area (Å²) in [5.41, 5.74) is 3.67. The number of aryl methyl sites for hydroxylation is 1. The summed E-state index contributed by atoms with van der Waals surface area (Å²) in [5, 5.41) is 4.90. The fourth-order valence-electron chi connectivity index (χ4n) is 6.79. The van der Waals surface area contributed by atoms with E-state index in [0.717, 1.165) is 53.1 Å². The van der Waals surface area contributed by atoms with Crippen LogP contribution in [0.1, 0.15) is 61.6 Å². The van der Waals surface area contributed by atoms with Crippen molar-refractivity contribution in [1.82, 2.24) is 10.2 Å². The third-order valence-corrected chi connectivity index (χ3v) is 11.1. The third kappa shape index (κ3) is 6.61. The smallest absolute Gasteiger partial charge is 0.265 e. The van der Waals surface area contributed by atoms with Gasteiger partial charge in [-0.1, -0.05) is 98.1 Å². The zero-order valence-electron chi connectivity index (χ0n) is 25.8. The molecule has 1 N–H and O–H groups in total. The molecule has 7 nitrogen and oxygen atoms in total. The lowest BCUT2D eigenvalue weighted by molar-refractivity contribution is -0.141. The molecule has 0 radical (unpaired) electrons. The van der Waals surface area contributed by atoms with Gasteiger partial charge >= 0.3 is 0 Å². The largest absolute Gasteiger partial charge is 0.352 e. The van der Waals surface area contributed by atoms with E-state index in [1.807, 2.05) is 85.8 Å². The molecule has 0 bridgehead atoms. The van der Waals surface area contributed by atoms with Gasteiger partial charge in [-0.15, -0.1) is 0 Å². The van der Waals surface area contributed by atoms with Crippen LogP contribution in [0, 0.1) is 6.92 Å². The summed E-state index contributed by atoms with van der Waals surface area (Å²) in [7, 11) is -3.71. The van der Waals surface area contributed by atoms with Crippen LogP contribution < -0.4 is 9.62 Å². The summed E-state index contributed by atoms with van der Waals surface area (Å²) in [6, 6.07) is 28.1. The predicted octanol–water partition coefficient (Wildman–Crippen LogP) is 6.53. The van der Waals surface area contributed by atoms with Gasteiger partial charge < -0.3 is 10.2 Å². The maximum absolute atomic E-state index is 14.2. The van der Waals surface area contributed by atoms with Crippen molar-refractivity contribution in [3.8, 4) is 0 Å². The molecule has 1 fully saturated rings. The minimum absolute atomic E-state index is 0.115. The number of carbonyl (C=O) groups excluding carboxylic acids is 2. The normalized spacial score (nSPS) is 16.4. The zero-order valence-corrected chi connectivity index (χ0v) is 26.6. The molecule has 1 atom stereocenters. The van der Waals surface area contributed by atoms with Crippen molar-refractivity contribution in [3.05, 3.63) is 108 Å². The number of carbonyl (C=O) groups is 2. The van der Waals surface area contributed by atoms with Crippen LogP contribution >= 0.6 is 0 Å². The summed E-state index contributed by atoms with van der Waals surface area (Å²) in [6.45, 7) is 2.49. The van der Waals surface area contributed by atoms with Gasteiger partial charge in [0.15, 0.2) is 0 Å². The third-order valence-electron chi connectivity index (χ3n) is 9.26. The molecule has 1 aliphatic carbocycles. The Morgan fingerprint density at radius 1 is 0.889 bits per heavy atom. The maximum atomic E-state index is 14.2. The number of hydrogen-bond acceptors (Lipinski definition) is 4. The van der Waals surface area contributed by atoms with E-state index >= 15 is 0 Å². The molecule has 0 spiro atoms. The molecule has 1 saturated carbocycles. The first-order valence-corrected chi connectivity index (χ1v) is 17.5. The van der Waals surface area contributed by atoms with E-state index in [1.54, 1.807) is 17.0 Å². The molecule has 4 aromatic rings. The monoisotopic (exact) mass is 623 g/mol. The fraction of sp³-hybridized carbons (Fsp3) is 0.351. The molecule has 2 amide bonds. The van der Waals surface area contributed by atoms with Crippen LogP contribution in [-0.2, 0) is 32.6 Å². The predicted molar refractivity (Wildman–Crippen MR) is 178 cm³/mol. The number of nitrogens with zero attached hydrogens (tertiary/aromatic N) is 2. The van der Waals surface area contributed by atoms with Gasteiger partial charge in [0.05, 0.1) is 10.6 Å². The van der Waals surface area contributed by atoms with E-state index < -0.39 is 16.1 Å². The molecular formula is C37H41N3O4S. The molecular weight excluding hydrogens is 582 g/mol. The first-order valence-electron chi connectivity index (χ1n) is 16.1. The Balaban J connectivity index is 1.25. The van der Waals surface area contributed by atoms with Crippen molar-refractivity contribution in [2.75, 3.05) is 10.8 Å². The molecule has 1 heterocycles. The Morgan fingerprint density at radius 2 is 1.60 bits per heavy atom. The van der Waals surface area contributed by atoms with Crippen molar-refractivity contribution in [3.63, 3.8) is 0 Å². The highest BCUT2D eigenvalue weighted by Crippen LogP contribution is 2.42. The van der Waals surface area contributed by atoms with Gasteiger partial charge in [0.1, 0.15) is 6.04 Å². The highest BCUT2D eigenvalue weighted by molar-refractivity contribution is 7.93. The lowest BCUT2D eigenvalue weighted by atomic mass is 9.94. The van der Waals surface area contributed by atoms with Crippen molar-refractivity contribution in [1.29, 1.82) is 0 Å². The maximum Gasteiger partial charge on any atom is 0.265 e. The zero-order chi connectivity index (χ0) is 31.4. The molecule has 8 heteroatoms. The second kappa shape index (κ2) is 13.4. The summed E-state index contributed by atoms with van der Waals surface area (Å²) in [5.74, 6) is -0.290. The van der Waals surface area contributed by atoms with E-state index in [9.17, 15) is 18.0 Å². The highest BCUT2D eigenvalue weighted by atomic mass is 32.2. The van der Waals surface area contributed by atoms with Crippen LogP contribution in [0.5, 0.6) is 0 Å². The minimum atomic E-state index is -3.71. The Bertz CT molecular complexity index is 1780. The second-order valence-electron chi connectivity index (χ2n) is 12.3. The number of nitrogens with one attached hydrogen (secondary N) is 1. The summed E-state index contributed by atoms with van der Waals surface area (Å²) in [6.07, 6.45) is 6.12. The molecule has 6 rings (SSSR count). The van der Waals surface area contributed by atoms with Crippen LogP contribution in [0.2, 0.25) is 0 Å². The number of hydrogen-bond donors (Lipinski definition) is 1. The molecule has 0 saturated heterocycles. The minimum Gasteiger partial charge on any atom is -0.352 e. The van der Waals surface area contributed by atoms with Gasteiger partial charge in [-0.2, -0.15) is 0 Å². The number of anilines is 1. The SMILES string of the molecule is Cc1ccccc1CN(C(=O)CCCN1c2cccc3cccc(c23)S1(=O)=O)[C@H](Cc1ccccc1)C(=O)NC1CCCCC1. The second-order valence-corrected chi connectivity index (χ2v) is 14.1. The number of amides is 2. The van der Waals surface area contributed by atoms with Gasteiger partial charge in [0, 0.05) is 37.4 Å². The number of benzene rings is 4. The summed E-state index contributed by atoms with van der Waals surface area (Å²) in [4.78, 5) is 30.3. The van der Waals surface area contributed by atoms with Crippen molar-refractivity contribution in [2.45, 2.75) is 81.8 Å². The Labute approximate surface area is 266 Å². The lowest BCUT2D eigenvalue weighted by Crippen LogP contribution is -2.53. The molecule has 45 heavy (non-hydrogen) atoms. The van der Waals surface area contributed by atoms with Crippen LogP contribution in [-0.4, -0.2) is 43.8 Å². The summed E-state index contributed by atoms with van der Waals surface area (Å²) >= 11 is 0. The van der Waals surface area contributed by atoms with Gasteiger partial charge in [-0.3, -0.25) is 13.9 Å². The van der Waals surface area contributed by atoms with Gasteiger partial charge in [-0.25, -0.2) is 8.42 Å². The number of rotatable bonds is 11. The van der Waals surface area contributed by atoms with Gasteiger partial charge in [0.2, 0.25) is 11.8 Å². The van der Waals surface area contributed by atoms with Crippen LogP contribution in [0.3, 0.4) is 0 Å².